The molecule has 0 aliphatic carbocycles. The fourth-order valence-electron chi connectivity index (χ4n) is 4.83. The third-order valence-electron chi connectivity index (χ3n) is 7.19. The molecule has 2 atom stereocenters. The molecule has 234 valence electrons. The van der Waals surface area contributed by atoms with Crippen molar-refractivity contribution in [3.8, 4) is 0 Å². The minimum atomic E-state index is -3.85. The summed E-state index contributed by atoms with van der Waals surface area (Å²) in [5.74, 6) is -0.247. The van der Waals surface area contributed by atoms with Crippen LogP contribution < -0.4 is 16.4 Å². The van der Waals surface area contributed by atoms with Crippen molar-refractivity contribution in [3.05, 3.63) is 72.3 Å². The summed E-state index contributed by atoms with van der Waals surface area (Å²) in [4.78, 5) is 27.1. The zero-order valence-electron chi connectivity index (χ0n) is 25.5. The number of hydrogen-bond acceptors (Lipinski definition) is 6. The second-order valence-corrected chi connectivity index (χ2v) is 13.3. The first-order valence-electron chi connectivity index (χ1n) is 14.6. The lowest BCUT2D eigenvalue weighted by atomic mass is 10.0. The van der Waals surface area contributed by atoms with Crippen molar-refractivity contribution in [1.29, 1.82) is 0 Å². The van der Waals surface area contributed by atoms with Crippen molar-refractivity contribution >= 4 is 38.4 Å². The van der Waals surface area contributed by atoms with E-state index < -0.39 is 22.1 Å². The summed E-state index contributed by atoms with van der Waals surface area (Å²) in [6.45, 7) is 4.14. The van der Waals surface area contributed by atoms with Gasteiger partial charge in [-0.25, -0.2) is 13.2 Å². The topological polar surface area (TPSA) is 145 Å². The molecule has 2 unspecified atom stereocenters. The number of hydrogen-bond donors (Lipinski definition) is 4. The van der Waals surface area contributed by atoms with Crippen LogP contribution in [0.15, 0.2) is 71.6 Å². The maximum Gasteiger partial charge on any atom is 0.317 e. The highest BCUT2D eigenvalue weighted by Crippen LogP contribution is 2.23. The van der Waals surface area contributed by atoms with Crippen LogP contribution in [0, 0.1) is 5.92 Å². The number of nitrogens with two attached hydrogens (primary N) is 1. The molecule has 0 aliphatic heterocycles. The third-order valence-corrected chi connectivity index (χ3v) is 9.12. The summed E-state index contributed by atoms with van der Waals surface area (Å²) >= 11 is 0. The number of rotatable bonds is 15. The van der Waals surface area contributed by atoms with Gasteiger partial charge in [-0.2, -0.15) is 4.31 Å². The lowest BCUT2D eigenvalue weighted by molar-refractivity contribution is -0.122. The normalized spacial score (nSPS) is 13.2. The number of aliphatic hydroxyl groups excluding tert-OH is 1. The molecule has 0 saturated carbocycles. The molecule has 0 radical (unpaired) electrons. The van der Waals surface area contributed by atoms with Crippen molar-refractivity contribution in [2.45, 2.75) is 56.5 Å². The summed E-state index contributed by atoms with van der Waals surface area (Å²) in [6, 6.07) is 18.2. The molecular weight excluding hydrogens is 566 g/mol. The fourth-order valence-corrected chi connectivity index (χ4v) is 6.64. The van der Waals surface area contributed by atoms with E-state index >= 15 is 0 Å². The zero-order chi connectivity index (χ0) is 31.6. The number of nitrogens with zero attached hydrogens (tertiary/aromatic N) is 2. The second kappa shape index (κ2) is 15.7. The third kappa shape index (κ3) is 9.67. The molecule has 11 heteroatoms. The zero-order valence-corrected chi connectivity index (χ0v) is 26.3. The minimum absolute atomic E-state index is 0.0498. The van der Waals surface area contributed by atoms with E-state index in [2.05, 4.69) is 10.6 Å². The molecule has 0 heterocycles. The highest BCUT2D eigenvalue weighted by molar-refractivity contribution is 7.89. The van der Waals surface area contributed by atoms with E-state index in [9.17, 15) is 23.1 Å². The van der Waals surface area contributed by atoms with Gasteiger partial charge in [-0.05, 0) is 59.4 Å². The van der Waals surface area contributed by atoms with Gasteiger partial charge in [0, 0.05) is 45.3 Å². The number of amides is 3. The molecule has 3 aromatic rings. The van der Waals surface area contributed by atoms with Crippen LogP contribution in [0.4, 0.5) is 10.5 Å². The summed E-state index contributed by atoms with van der Waals surface area (Å²) in [5.41, 5.74) is 7.14. The molecule has 0 saturated heterocycles. The molecule has 5 N–H and O–H groups in total. The van der Waals surface area contributed by atoms with E-state index in [1.807, 2.05) is 56.3 Å². The van der Waals surface area contributed by atoms with Crippen molar-refractivity contribution < 1.29 is 23.1 Å². The molecule has 0 fully saturated rings. The van der Waals surface area contributed by atoms with Gasteiger partial charge >= 0.3 is 6.03 Å². The van der Waals surface area contributed by atoms with Crippen LogP contribution in [-0.2, 0) is 21.2 Å². The number of anilines is 1. The van der Waals surface area contributed by atoms with Gasteiger partial charge in [0.15, 0.2) is 0 Å². The number of carbonyl (C=O) groups is 2. The van der Waals surface area contributed by atoms with Crippen LogP contribution in [0.2, 0.25) is 0 Å². The van der Waals surface area contributed by atoms with Crippen molar-refractivity contribution in [1.82, 2.24) is 19.8 Å². The summed E-state index contributed by atoms with van der Waals surface area (Å²) in [6.07, 6.45) is 1.90. The Labute approximate surface area is 255 Å². The van der Waals surface area contributed by atoms with Crippen LogP contribution in [0.3, 0.4) is 0 Å². The van der Waals surface area contributed by atoms with E-state index in [0.717, 1.165) is 16.3 Å². The number of aliphatic hydroxyl groups is 1. The van der Waals surface area contributed by atoms with Crippen LogP contribution >= 0.6 is 0 Å². The molecule has 0 aromatic heterocycles. The van der Waals surface area contributed by atoms with Gasteiger partial charge in [-0.1, -0.05) is 62.7 Å². The average Bonchev–Trinajstić information content (AvgIpc) is 2.97. The Bertz CT molecular complexity index is 1460. The Balaban J connectivity index is 1.61. The minimum Gasteiger partial charge on any atom is -0.399 e. The molecular formula is C32H45N5O5S. The van der Waals surface area contributed by atoms with Crippen LogP contribution in [0.1, 0.15) is 38.7 Å². The quantitative estimate of drug-likeness (QED) is 0.153. The van der Waals surface area contributed by atoms with Gasteiger partial charge in [0.1, 0.15) is 6.04 Å². The summed E-state index contributed by atoms with van der Waals surface area (Å²) < 4.78 is 28.3. The van der Waals surface area contributed by atoms with Crippen LogP contribution in [-0.4, -0.2) is 80.5 Å². The highest BCUT2D eigenvalue weighted by atomic mass is 32.2. The van der Waals surface area contributed by atoms with Gasteiger partial charge in [0.05, 0.1) is 11.5 Å². The van der Waals surface area contributed by atoms with Gasteiger partial charge in [0.2, 0.25) is 15.9 Å². The Morgan fingerprint density at radius 1 is 0.953 bits per heavy atom. The van der Waals surface area contributed by atoms with E-state index in [-0.39, 0.29) is 35.9 Å². The smallest absolute Gasteiger partial charge is 0.317 e. The van der Waals surface area contributed by atoms with Gasteiger partial charge in [-0.15, -0.1) is 0 Å². The lowest BCUT2D eigenvalue weighted by Gasteiger charge is -2.31. The first-order chi connectivity index (χ1) is 20.4. The van der Waals surface area contributed by atoms with Crippen molar-refractivity contribution in [2.24, 2.45) is 5.92 Å². The molecule has 0 bridgehead atoms. The number of nitrogens with one attached hydrogen (secondary N) is 2. The highest BCUT2D eigenvalue weighted by Gasteiger charge is 2.31. The van der Waals surface area contributed by atoms with E-state index in [4.69, 9.17) is 5.73 Å². The Morgan fingerprint density at radius 3 is 2.26 bits per heavy atom. The summed E-state index contributed by atoms with van der Waals surface area (Å²) in [7, 11) is -0.612. The number of unbranched alkanes of at least 4 members (excludes halogenated alkanes) is 1. The van der Waals surface area contributed by atoms with Crippen LogP contribution in [0.5, 0.6) is 0 Å². The Hall–Kier alpha value is -3.67. The van der Waals surface area contributed by atoms with Crippen molar-refractivity contribution in [3.63, 3.8) is 0 Å². The predicted molar refractivity (Wildman–Crippen MR) is 171 cm³/mol. The monoisotopic (exact) mass is 611 g/mol. The number of carbonyl (C=O) groups excluding carboxylic acids is 2. The first-order valence-corrected chi connectivity index (χ1v) is 16.1. The van der Waals surface area contributed by atoms with Crippen LogP contribution in [0.25, 0.3) is 10.8 Å². The lowest BCUT2D eigenvalue weighted by Crippen LogP contribution is -2.51. The maximum absolute atomic E-state index is 13.5. The van der Waals surface area contributed by atoms with Gasteiger partial charge < -0.3 is 26.4 Å². The largest absolute Gasteiger partial charge is 0.399 e. The number of fused-ring (bicyclic) bond motifs is 1. The van der Waals surface area contributed by atoms with Crippen molar-refractivity contribution in [2.75, 3.05) is 39.5 Å². The molecule has 3 rings (SSSR count). The van der Waals surface area contributed by atoms with E-state index in [0.29, 0.717) is 37.9 Å². The predicted octanol–water partition coefficient (Wildman–Crippen LogP) is 3.60. The standard InChI is InChI=1S/C32H45N5O5S/c1-23(2)21-37(43(41,42)29-16-14-27(33)15-17-29)28(22-38)11-7-8-18-34-31(39)30(35-32(40)36(3)4)20-24-12-13-25-9-5-6-10-26(25)19-24/h5-6,9-10,12-17,19,23,28,30,38H,7-8,11,18,20-22,33H2,1-4H3,(H,34,39)(H,35,40). The Morgan fingerprint density at radius 2 is 1.63 bits per heavy atom. The van der Waals surface area contributed by atoms with E-state index in [1.54, 1.807) is 26.2 Å². The second-order valence-electron chi connectivity index (χ2n) is 11.4. The fraction of sp³-hybridized carbons (Fsp3) is 0.438. The van der Waals surface area contributed by atoms with Gasteiger partial charge in [0.25, 0.3) is 0 Å². The molecule has 3 aromatic carbocycles. The number of benzene rings is 3. The molecule has 3 amide bonds. The first kappa shape index (κ1) is 33.8. The number of urea groups is 1. The summed E-state index contributed by atoms with van der Waals surface area (Å²) in [5, 5.41) is 18.1. The van der Waals surface area contributed by atoms with Gasteiger partial charge in [-0.3, -0.25) is 4.79 Å². The number of nitrogen functional groups attached to an aromatic ring is 1. The van der Waals surface area contributed by atoms with E-state index in [1.165, 1.54) is 21.3 Å². The molecule has 43 heavy (non-hydrogen) atoms. The molecule has 0 spiro atoms. The number of sulfonamides is 1. The average molecular weight is 612 g/mol. The molecule has 10 nitrogen and oxygen atoms in total. The maximum atomic E-state index is 13.5. The molecule has 0 aliphatic rings. The SMILES string of the molecule is CC(C)CN(C(CO)CCCCNC(=O)C(Cc1ccc2ccccc2c1)NC(=O)N(C)C)S(=O)(=O)c1ccc(N)cc1. The Kier molecular flexibility index (Phi) is 12.4.